The zero-order valence-electron chi connectivity index (χ0n) is 17.2. The molecule has 0 spiro atoms. The average Bonchev–Trinajstić information content (AvgIpc) is 3.15. The molecule has 0 atom stereocenters. The summed E-state index contributed by atoms with van der Waals surface area (Å²) in [4.78, 5) is 26.5. The lowest BCUT2D eigenvalue weighted by molar-refractivity contribution is -0.143. The molecule has 2 aliphatic rings. The summed E-state index contributed by atoms with van der Waals surface area (Å²) in [5.41, 5.74) is 3.78. The van der Waals surface area contributed by atoms with Gasteiger partial charge in [-0.2, -0.15) is 0 Å². The van der Waals surface area contributed by atoms with Crippen LogP contribution in [0.5, 0.6) is 0 Å². The van der Waals surface area contributed by atoms with Crippen LogP contribution in [0.25, 0.3) is 0 Å². The maximum Gasteiger partial charge on any atom is 0.306 e. The minimum atomic E-state index is -0.710. The number of rotatable bonds is 6. The first-order valence-corrected chi connectivity index (χ1v) is 11.5. The smallest absolute Gasteiger partial charge is 0.306 e. The molecule has 0 aromatic heterocycles. The number of hydrogen-bond donors (Lipinski definition) is 2. The second-order valence-corrected chi connectivity index (χ2v) is 9.40. The fraction of sp³-hybridized carbons (Fsp3) is 0.417. The van der Waals surface area contributed by atoms with Gasteiger partial charge in [0, 0.05) is 29.7 Å². The zero-order chi connectivity index (χ0) is 22.0. The summed E-state index contributed by atoms with van der Waals surface area (Å²) in [6, 6.07) is 11.5. The number of fused-ring (bicyclic) bond motifs is 1. The molecule has 0 unspecified atom stereocenters. The van der Waals surface area contributed by atoms with Crippen LogP contribution in [0, 0.1) is 11.8 Å². The van der Waals surface area contributed by atoms with Crippen LogP contribution >= 0.6 is 23.2 Å². The van der Waals surface area contributed by atoms with E-state index in [1.807, 2.05) is 30.3 Å². The predicted molar refractivity (Wildman–Crippen MR) is 123 cm³/mol. The molecule has 0 saturated heterocycles. The van der Waals surface area contributed by atoms with Crippen LogP contribution in [0.1, 0.15) is 47.2 Å². The first-order chi connectivity index (χ1) is 14.9. The molecule has 1 aliphatic carbocycles. The van der Waals surface area contributed by atoms with Gasteiger partial charge >= 0.3 is 5.97 Å². The number of carbonyl (C=O) groups excluding carboxylic acids is 1. The minimum Gasteiger partial charge on any atom is -0.481 e. The molecular formula is C24H26Cl2N2O3. The van der Waals surface area contributed by atoms with Crippen LogP contribution in [-0.4, -0.2) is 30.1 Å². The fourth-order valence-electron chi connectivity index (χ4n) is 4.67. The van der Waals surface area contributed by atoms with E-state index in [-0.39, 0.29) is 11.8 Å². The highest BCUT2D eigenvalue weighted by Gasteiger charge is 2.28. The van der Waals surface area contributed by atoms with Crippen LogP contribution in [0.15, 0.2) is 36.4 Å². The number of carbonyl (C=O) groups is 2. The second-order valence-electron chi connectivity index (χ2n) is 8.53. The number of hydrogen-bond acceptors (Lipinski definition) is 3. The number of amides is 1. The lowest BCUT2D eigenvalue weighted by atomic mass is 9.82. The molecule has 4 rings (SSSR count). The summed E-state index contributed by atoms with van der Waals surface area (Å²) in [5, 5.41) is 13.5. The Balaban J connectivity index is 1.45. The number of halogens is 2. The molecule has 1 heterocycles. The van der Waals surface area contributed by atoms with E-state index in [0.29, 0.717) is 47.5 Å². The SMILES string of the molecule is O=C(NC[C@H]1CC[C@H](C(=O)O)CC1)c1cc(Cl)cc2c1N(Cc1ccc(Cl)cc1)CC2. The number of nitrogens with one attached hydrogen (secondary N) is 1. The summed E-state index contributed by atoms with van der Waals surface area (Å²) in [7, 11) is 0. The molecule has 1 fully saturated rings. The van der Waals surface area contributed by atoms with Crippen molar-refractivity contribution < 1.29 is 14.7 Å². The lowest BCUT2D eigenvalue weighted by Gasteiger charge is -2.27. The van der Waals surface area contributed by atoms with Crippen molar-refractivity contribution in [3.05, 3.63) is 63.1 Å². The number of benzene rings is 2. The van der Waals surface area contributed by atoms with Gasteiger partial charge in [-0.1, -0.05) is 35.3 Å². The van der Waals surface area contributed by atoms with E-state index in [0.717, 1.165) is 42.6 Å². The number of nitrogens with zero attached hydrogens (tertiary/aromatic N) is 1. The standard InChI is InChI=1S/C24H26Cl2N2O3/c25-19-7-3-16(4-8-19)14-28-10-9-18-11-20(26)12-21(22(18)28)23(29)27-13-15-1-5-17(6-2-15)24(30)31/h3-4,7-8,11-12,15,17H,1-2,5-6,9-10,13-14H2,(H,27,29)(H,30,31)/t15-,17-. The van der Waals surface area contributed by atoms with E-state index in [9.17, 15) is 9.59 Å². The Labute approximate surface area is 192 Å². The highest BCUT2D eigenvalue weighted by molar-refractivity contribution is 6.31. The second kappa shape index (κ2) is 9.49. The van der Waals surface area contributed by atoms with Gasteiger partial charge in [0.2, 0.25) is 0 Å². The van der Waals surface area contributed by atoms with E-state index in [2.05, 4.69) is 10.2 Å². The molecule has 1 amide bonds. The summed E-state index contributed by atoms with van der Waals surface area (Å²) < 4.78 is 0. The molecule has 0 bridgehead atoms. The van der Waals surface area contributed by atoms with Gasteiger partial charge in [-0.3, -0.25) is 9.59 Å². The third kappa shape index (κ3) is 5.16. The first-order valence-electron chi connectivity index (χ1n) is 10.7. The van der Waals surface area contributed by atoms with Crippen LogP contribution in [-0.2, 0) is 17.8 Å². The van der Waals surface area contributed by atoms with E-state index in [4.69, 9.17) is 28.3 Å². The molecule has 1 saturated carbocycles. The molecule has 2 N–H and O–H groups in total. The highest BCUT2D eigenvalue weighted by atomic mass is 35.5. The third-order valence-corrected chi connectivity index (χ3v) is 6.87. The van der Waals surface area contributed by atoms with Gasteiger partial charge in [0.1, 0.15) is 0 Å². The normalized spacial score (nSPS) is 20.4. The molecule has 5 nitrogen and oxygen atoms in total. The van der Waals surface area contributed by atoms with E-state index < -0.39 is 5.97 Å². The van der Waals surface area contributed by atoms with Crippen LogP contribution in [0.4, 0.5) is 5.69 Å². The van der Waals surface area contributed by atoms with Crippen molar-refractivity contribution in [2.45, 2.75) is 38.6 Å². The van der Waals surface area contributed by atoms with Gasteiger partial charge in [0.05, 0.1) is 17.2 Å². The number of carboxylic acids is 1. The van der Waals surface area contributed by atoms with E-state index in [1.54, 1.807) is 6.07 Å². The number of aliphatic carboxylic acids is 1. The molecule has 2 aromatic rings. The molecule has 164 valence electrons. The Morgan fingerprint density at radius 3 is 2.42 bits per heavy atom. The molecule has 31 heavy (non-hydrogen) atoms. The molecular weight excluding hydrogens is 435 g/mol. The van der Waals surface area contributed by atoms with Crippen molar-refractivity contribution >= 4 is 40.8 Å². The van der Waals surface area contributed by atoms with Gasteiger partial charge in [-0.25, -0.2) is 0 Å². The minimum absolute atomic E-state index is 0.123. The van der Waals surface area contributed by atoms with Crippen molar-refractivity contribution in [2.24, 2.45) is 11.8 Å². The van der Waals surface area contributed by atoms with E-state index >= 15 is 0 Å². The monoisotopic (exact) mass is 460 g/mol. The maximum absolute atomic E-state index is 13.1. The Kier molecular flexibility index (Phi) is 6.73. The van der Waals surface area contributed by atoms with Crippen molar-refractivity contribution in [1.29, 1.82) is 0 Å². The van der Waals surface area contributed by atoms with Crippen LogP contribution in [0.3, 0.4) is 0 Å². The van der Waals surface area contributed by atoms with Crippen LogP contribution < -0.4 is 10.2 Å². The largest absolute Gasteiger partial charge is 0.481 e. The zero-order valence-corrected chi connectivity index (χ0v) is 18.8. The quantitative estimate of drug-likeness (QED) is 0.622. The molecule has 0 radical (unpaired) electrons. The molecule has 2 aromatic carbocycles. The maximum atomic E-state index is 13.1. The van der Waals surface area contributed by atoms with Gasteiger partial charge in [-0.05, 0) is 73.4 Å². The summed E-state index contributed by atoms with van der Waals surface area (Å²) in [6.07, 6.45) is 3.86. The fourth-order valence-corrected chi connectivity index (χ4v) is 5.04. The lowest BCUT2D eigenvalue weighted by Crippen LogP contribution is -2.33. The Hall–Kier alpha value is -2.24. The summed E-state index contributed by atoms with van der Waals surface area (Å²) in [6.45, 7) is 2.09. The van der Waals surface area contributed by atoms with Gasteiger partial charge in [-0.15, -0.1) is 0 Å². The Bertz CT molecular complexity index is 970. The van der Waals surface area contributed by atoms with Gasteiger partial charge in [0.25, 0.3) is 5.91 Å². The average molecular weight is 461 g/mol. The van der Waals surface area contributed by atoms with Crippen molar-refractivity contribution in [3.63, 3.8) is 0 Å². The molecule has 1 aliphatic heterocycles. The topological polar surface area (TPSA) is 69.6 Å². The first kappa shape index (κ1) is 22.0. The van der Waals surface area contributed by atoms with Gasteiger partial charge in [0.15, 0.2) is 0 Å². The van der Waals surface area contributed by atoms with Crippen molar-refractivity contribution in [1.82, 2.24) is 5.32 Å². The van der Waals surface area contributed by atoms with Crippen molar-refractivity contribution in [2.75, 3.05) is 18.0 Å². The summed E-state index contributed by atoms with van der Waals surface area (Å²) >= 11 is 12.3. The van der Waals surface area contributed by atoms with E-state index in [1.165, 1.54) is 0 Å². The summed E-state index contributed by atoms with van der Waals surface area (Å²) in [5.74, 6) is -0.763. The Morgan fingerprint density at radius 1 is 1.03 bits per heavy atom. The number of anilines is 1. The van der Waals surface area contributed by atoms with Crippen molar-refractivity contribution in [3.8, 4) is 0 Å². The highest BCUT2D eigenvalue weighted by Crippen LogP contribution is 2.36. The van der Waals surface area contributed by atoms with Crippen LogP contribution in [0.2, 0.25) is 10.0 Å². The molecule has 7 heteroatoms. The predicted octanol–water partition coefficient (Wildman–Crippen LogP) is 5.18. The number of carboxylic acid groups (broad SMARTS) is 1. The third-order valence-electron chi connectivity index (χ3n) is 6.40. The Morgan fingerprint density at radius 2 is 1.74 bits per heavy atom. The van der Waals surface area contributed by atoms with Gasteiger partial charge < -0.3 is 15.3 Å².